The van der Waals surface area contributed by atoms with Crippen LogP contribution in [0.25, 0.3) is 0 Å². The Kier molecular flexibility index (Phi) is 14.0. The fourth-order valence-corrected chi connectivity index (χ4v) is 1.35. The summed E-state index contributed by atoms with van der Waals surface area (Å²) in [5.74, 6) is 0. The number of H-pyrrole nitrogens is 1. The van der Waals surface area contributed by atoms with Crippen molar-refractivity contribution < 1.29 is 4.74 Å². The molecular weight excluding hydrogens is 230 g/mol. The summed E-state index contributed by atoms with van der Waals surface area (Å²) < 4.78 is 5.13. The van der Waals surface area contributed by atoms with Crippen LogP contribution in [0.2, 0.25) is 0 Å². The number of rotatable bonds is 4. The van der Waals surface area contributed by atoms with E-state index < -0.39 is 0 Å². The molecule has 0 aliphatic heterocycles. The molecule has 2 nitrogen and oxygen atoms in total. The first-order chi connectivity index (χ1) is 8.41. The van der Waals surface area contributed by atoms with E-state index in [4.69, 9.17) is 4.74 Å². The van der Waals surface area contributed by atoms with Crippen molar-refractivity contribution in [2.24, 2.45) is 0 Å². The summed E-state index contributed by atoms with van der Waals surface area (Å²) in [4.78, 5) is 2.86. The zero-order chi connectivity index (χ0) is 12.6. The van der Waals surface area contributed by atoms with E-state index in [1.54, 1.807) is 11.3 Å². The Morgan fingerprint density at radius 1 is 0.882 bits per heavy atom. The number of ether oxygens (including phenoxy) is 1. The highest BCUT2D eigenvalue weighted by Gasteiger charge is 1.77. The Balaban J connectivity index is 0.000000229. The first-order valence-electron chi connectivity index (χ1n) is 6.04. The molecular formula is C14H23NOS. The van der Waals surface area contributed by atoms with Crippen LogP contribution in [0, 0.1) is 0 Å². The molecule has 2 aromatic rings. The molecule has 0 aliphatic rings. The third-order valence-electron chi connectivity index (χ3n) is 1.62. The average Bonchev–Trinajstić information content (AvgIpc) is 3.08. The molecule has 0 aromatic carbocycles. The lowest BCUT2D eigenvalue weighted by molar-refractivity contribution is 0.135. The van der Waals surface area contributed by atoms with Crippen LogP contribution in [0.1, 0.15) is 26.7 Å². The van der Waals surface area contributed by atoms with E-state index in [-0.39, 0.29) is 0 Å². The fourth-order valence-electron chi connectivity index (χ4n) is 0.895. The van der Waals surface area contributed by atoms with Crippen LogP contribution in [0.4, 0.5) is 0 Å². The summed E-state index contributed by atoms with van der Waals surface area (Å²) in [6, 6.07) is 7.93. The van der Waals surface area contributed by atoms with Crippen molar-refractivity contribution in [3.05, 3.63) is 47.4 Å². The van der Waals surface area contributed by atoms with Crippen molar-refractivity contribution >= 4 is 11.3 Å². The molecule has 0 spiro atoms. The van der Waals surface area contributed by atoms with Crippen molar-refractivity contribution in [1.29, 1.82) is 0 Å². The average molecular weight is 253 g/mol. The standard InChI is InChI=1S/C6H14O.C4H5N.C4H4S/c1-3-5-7-6-4-2;2*1-2-4-5-3-1/h3-6H2,1-2H3;1-5H;1-4H. The molecule has 2 aromatic heterocycles. The van der Waals surface area contributed by atoms with Crippen LogP contribution >= 0.6 is 11.3 Å². The van der Waals surface area contributed by atoms with Gasteiger partial charge in [0.25, 0.3) is 0 Å². The van der Waals surface area contributed by atoms with Gasteiger partial charge in [0.1, 0.15) is 0 Å². The second kappa shape index (κ2) is 14.9. The highest BCUT2D eigenvalue weighted by Crippen LogP contribution is 1.91. The van der Waals surface area contributed by atoms with Crippen LogP contribution in [0.15, 0.2) is 47.4 Å². The zero-order valence-corrected chi connectivity index (χ0v) is 11.6. The molecule has 0 atom stereocenters. The highest BCUT2D eigenvalue weighted by molar-refractivity contribution is 7.07. The van der Waals surface area contributed by atoms with Gasteiger partial charge in [0.15, 0.2) is 0 Å². The molecule has 0 fully saturated rings. The SMILES string of the molecule is CCCOCCC.c1cc[nH]c1.c1ccsc1. The second-order valence-electron chi connectivity index (χ2n) is 3.29. The lowest BCUT2D eigenvalue weighted by Crippen LogP contribution is -1.92. The summed E-state index contributed by atoms with van der Waals surface area (Å²) in [6.45, 7) is 6.09. The maximum Gasteiger partial charge on any atom is 0.0463 e. The fraction of sp³-hybridized carbons (Fsp3) is 0.429. The van der Waals surface area contributed by atoms with Crippen LogP contribution in [0.3, 0.4) is 0 Å². The van der Waals surface area contributed by atoms with Gasteiger partial charge in [0.05, 0.1) is 0 Å². The number of aromatic amines is 1. The third kappa shape index (κ3) is 14.9. The van der Waals surface area contributed by atoms with Crippen LogP contribution in [-0.2, 0) is 4.74 Å². The monoisotopic (exact) mass is 253 g/mol. The lowest BCUT2D eigenvalue weighted by atomic mass is 10.5. The van der Waals surface area contributed by atoms with Crippen LogP contribution in [0.5, 0.6) is 0 Å². The second-order valence-corrected chi connectivity index (χ2v) is 4.11. The zero-order valence-electron chi connectivity index (χ0n) is 10.8. The minimum Gasteiger partial charge on any atom is -0.381 e. The van der Waals surface area contributed by atoms with E-state index in [0.717, 1.165) is 26.1 Å². The number of nitrogens with one attached hydrogen (secondary N) is 1. The maximum absolute atomic E-state index is 5.13. The molecule has 0 radical (unpaired) electrons. The molecule has 0 unspecified atom stereocenters. The van der Waals surface area contributed by atoms with Gasteiger partial charge in [0.2, 0.25) is 0 Å². The summed E-state index contributed by atoms with van der Waals surface area (Å²) in [7, 11) is 0. The summed E-state index contributed by atoms with van der Waals surface area (Å²) >= 11 is 1.71. The Morgan fingerprint density at radius 3 is 1.65 bits per heavy atom. The summed E-state index contributed by atoms with van der Waals surface area (Å²) in [5.41, 5.74) is 0. The van der Waals surface area contributed by atoms with Crippen molar-refractivity contribution in [1.82, 2.24) is 4.98 Å². The Bertz CT molecular complexity index is 214. The largest absolute Gasteiger partial charge is 0.381 e. The smallest absolute Gasteiger partial charge is 0.0463 e. The Morgan fingerprint density at radius 2 is 1.41 bits per heavy atom. The predicted octanol–water partition coefficient (Wildman–Crippen LogP) is 4.59. The van der Waals surface area contributed by atoms with Gasteiger partial charge >= 0.3 is 0 Å². The van der Waals surface area contributed by atoms with E-state index in [1.165, 1.54) is 0 Å². The number of hydrogen-bond acceptors (Lipinski definition) is 2. The van der Waals surface area contributed by atoms with E-state index in [1.807, 2.05) is 47.4 Å². The molecule has 0 amide bonds. The topological polar surface area (TPSA) is 25.0 Å². The Hall–Kier alpha value is -1.06. The number of hydrogen-bond donors (Lipinski definition) is 1. The molecule has 2 heterocycles. The molecule has 17 heavy (non-hydrogen) atoms. The van der Waals surface area contributed by atoms with E-state index in [2.05, 4.69) is 18.8 Å². The van der Waals surface area contributed by atoms with E-state index >= 15 is 0 Å². The maximum atomic E-state index is 5.13. The molecule has 0 saturated carbocycles. The predicted molar refractivity (Wildman–Crippen MR) is 76.5 cm³/mol. The van der Waals surface area contributed by atoms with Gasteiger partial charge in [-0.2, -0.15) is 11.3 Å². The summed E-state index contributed by atoms with van der Waals surface area (Å²) in [6.07, 6.45) is 6.03. The molecule has 0 bridgehead atoms. The van der Waals surface area contributed by atoms with E-state index in [0.29, 0.717) is 0 Å². The molecule has 3 heteroatoms. The van der Waals surface area contributed by atoms with Gasteiger partial charge in [-0.25, -0.2) is 0 Å². The first-order valence-corrected chi connectivity index (χ1v) is 6.98. The highest BCUT2D eigenvalue weighted by atomic mass is 32.1. The third-order valence-corrected chi connectivity index (χ3v) is 2.25. The number of aromatic nitrogens is 1. The first kappa shape index (κ1) is 15.9. The van der Waals surface area contributed by atoms with Crippen molar-refractivity contribution in [2.75, 3.05) is 13.2 Å². The van der Waals surface area contributed by atoms with E-state index in [9.17, 15) is 0 Å². The van der Waals surface area contributed by atoms with Crippen molar-refractivity contribution in [3.63, 3.8) is 0 Å². The van der Waals surface area contributed by atoms with Gasteiger partial charge < -0.3 is 9.72 Å². The summed E-state index contributed by atoms with van der Waals surface area (Å²) in [5, 5.41) is 4.08. The van der Waals surface area contributed by atoms with Crippen LogP contribution in [-0.4, -0.2) is 18.2 Å². The van der Waals surface area contributed by atoms with Gasteiger partial charge in [-0.3, -0.25) is 0 Å². The quantitative estimate of drug-likeness (QED) is 0.792. The minimum atomic E-state index is 0.924. The van der Waals surface area contributed by atoms with Crippen molar-refractivity contribution in [3.8, 4) is 0 Å². The van der Waals surface area contributed by atoms with Crippen molar-refractivity contribution in [2.45, 2.75) is 26.7 Å². The van der Waals surface area contributed by atoms with Gasteiger partial charge in [-0.05, 0) is 35.7 Å². The molecule has 96 valence electrons. The van der Waals surface area contributed by atoms with Gasteiger partial charge in [-0.1, -0.05) is 26.0 Å². The molecule has 1 N–H and O–H groups in total. The molecule has 0 aliphatic carbocycles. The molecule has 0 saturated heterocycles. The van der Waals surface area contributed by atoms with Gasteiger partial charge in [-0.15, -0.1) is 0 Å². The normalized spacial score (nSPS) is 8.59. The Labute approximate surface area is 109 Å². The number of thiophene rings is 1. The van der Waals surface area contributed by atoms with Crippen LogP contribution < -0.4 is 0 Å². The lowest BCUT2D eigenvalue weighted by Gasteiger charge is -1.95. The molecule has 2 rings (SSSR count). The van der Waals surface area contributed by atoms with Gasteiger partial charge in [0, 0.05) is 25.6 Å². The minimum absolute atomic E-state index is 0.924.